The third-order valence-corrected chi connectivity index (χ3v) is 5.08. The first-order valence-electron chi connectivity index (χ1n) is 10.6. The fourth-order valence-corrected chi connectivity index (χ4v) is 3.40. The van der Waals surface area contributed by atoms with Crippen LogP contribution in [0, 0.1) is 5.82 Å². The van der Waals surface area contributed by atoms with Crippen LogP contribution in [0.3, 0.4) is 0 Å². The lowest BCUT2D eigenvalue weighted by Gasteiger charge is -2.34. The molecule has 0 amide bonds. The molecule has 0 radical (unpaired) electrons. The standard InChI is InChI=1S/C23H31FN4O3/c1-25-23(28-12-10-20(11-13-28)30-15-3-14-29-2)27-17-18-4-9-22(26-16-18)31-21-7-5-19(24)6-8-21/h4-9,16,20H,3,10-15,17H2,1-2H3,(H,25,27). The highest BCUT2D eigenvalue weighted by Crippen LogP contribution is 2.19. The molecule has 0 bridgehead atoms. The molecule has 1 fully saturated rings. The molecule has 0 aliphatic carbocycles. The molecule has 2 aromatic rings. The molecule has 8 heteroatoms. The highest BCUT2D eigenvalue weighted by atomic mass is 19.1. The number of piperidine rings is 1. The average Bonchev–Trinajstić information content (AvgIpc) is 2.80. The first-order valence-corrected chi connectivity index (χ1v) is 10.6. The van der Waals surface area contributed by atoms with Crippen LogP contribution in [0.25, 0.3) is 0 Å². The van der Waals surface area contributed by atoms with Crippen LogP contribution >= 0.6 is 0 Å². The summed E-state index contributed by atoms with van der Waals surface area (Å²) in [6, 6.07) is 9.61. The summed E-state index contributed by atoms with van der Waals surface area (Å²) in [6.45, 7) is 3.93. The summed E-state index contributed by atoms with van der Waals surface area (Å²) in [7, 11) is 3.51. The summed E-state index contributed by atoms with van der Waals surface area (Å²) in [4.78, 5) is 11.0. The number of rotatable bonds is 9. The summed E-state index contributed by atoms with van der Waals surface area (Å²) in [5.41, 5.74) is 1.02. The maximum absolute atomic E-state index is 13.0. The lowest BCUT2D eigenvalue weighted by atomic mass is 10.1. The maximum Gasteiger partial charge on any atom is 0.219 e. The highest BCUT2D eigenvalue weighted by Gasteiger charge is 2.21. The molecule has 7 nitrogen and oxygen atoms in total. The molecule has 168 valence electrons. The summed E-state index contributed by atoms with van der Waals surface area (Å²) < 4.78 is 29.6. The van der Waals surface area contributed by atoms with Gasteiger partial charge in [0.1, 0.15) is 11.6 Å². The van der Waals surface area contributed by atoms with Gasteiger partial charge in [-0.25, -0.2) is 9.37 Å². The van der Waals surface area contributed by atoms with E-state index in [1.165, 1.54) is 12.1 Å². The van der Waals surface area contributed by atoms with Gasteiger partial charge in [-0.05, 0) is 49.1 Å². The summed E-state index contributed by atoms with van der Waals surface area (Å²) >= 11 is 0. The Balaban J connectivity index is 1.42. The number of aliphatic imine (C=N–C) groups is 1. The molecule has 1 aliphatic rings. The second-order valence-corrected chi connectivity index (χ2v) is 7.36. The van der Waals surface area contributed by atoms with Gasteiger partial charge in [0.25, 0.3) is 0 Å². The number of pyridine rings is 1. The summed E-state index contributed by atoms with van der Waals surface area (Å²) in [5, 5.41) is 3.40. The van der Waals surface area contributed by atoms with Crippen LogP contribution in [0.4, 0.5) is 4.39 Å². The molecule has 3 rings (SSSR count). The number of aromatic nitrogens is 1. The minimum absolute atomic E-state index is 0.297. The number of halogens is 1. The number of hydrogen-bond acceptors (Lipinski definition) is 5. The van der Waals surface area contributed by atoms with E-state index in [0.717, 1.165) is 57.1 Å². The van der Waals surface area contributed by atoms with Gasteiger partial charge in [0.2, 0.25) is 5.88 Å². The van der Waals surface area contributed by atoms with Gasteiger partial charge in [0.15, 0.2) is 5.96 Å². The van der Waals surface area contributed by atoms with Crippen LogP contribution in [0.2, 0.25) is 0 Å². The fourth-order valence-electron chi connectivity index (χ4n) is 3.40. The largest absolute Gasteiger partial charge is 0.439 e. The van der Waals surface area contributed by atoms with Crippen molar-refractivity contribution >= 4 is 5.96 Å². The van der Waals surface area contributed by atoms with Crippen molar-refractivity contribution < 1.29 is 18.6 Å². The molecule has 1 saturated heterocycles. The zero-order chi connectivity index (χ0) is 21.9. The van der Waals surface area contributed by atoms with Gasteiger partial charge in [-0.1, -0.05) is 6.07 Å². The lowest BCUT2D eigenvalue weighted by molar-refractivity contribution is 0.00989. The zero-order valence-electron chi connectivity index (χ0n) is 18.2. The van der Waals surface area contributed by atoms with Gasteiger partial charge in [-0.3, -0.25) is 4.99 Å². The quantitative estimate of drug-likeness (QED) is 0.372. The number of benzene rings is 1. The van der Waals surface area contributed by atoms with Gasteiger partial charge < -0.3 is 24.4 Å². The van der Waals surface area contributed by atoms with Crippen LogP contribution in [0.15, 0.2) is 47.6 Å². The van der Waals surface area contributed by atoms with Crippen molar-refractivity contribution in [2.45, 2.75) is 31.9 Å². The SMILES string of the molecule is CN=C(NCc1ccc(Oc2ccc(F)cc2)nc1)N1CCC(OCCCOC)CC1. The van der Waals surface area contributed by atoms with E-state index in [1.807, 2.05) is 6.07 Å². The predicted molar refractivity (Wildman–Crippen MR) is 118 cm³/mol. The van der Waals surface area contributed by atoms with E-state index < -0.39 is 0 Å². The minimum Gasteiger partial charge on any atom is -0.439 e. The van der Waals surface area contributed by atoms with E-state index in [1.54, 1.807) is 38.6 Å². The smallest absolute Gasteiger partial charge is 0.219 e. The third-order valence-electron chi connectivity index (χ3n) is 5.08. The highest BCUT2D eigenvalue weighted by molar-refractivity contribution is 5.79. The second kappa shape index (κ2) is 12.2. The second-order valence-electron chi connectivity index (χ2n) is 7.36. The number of nitrogens with zero attached hydrogens (tertiary/aromatic N) is 3. The van der Waals surface area contributed by atoms with Gasteiger partial charge >= 0.3 is 0 Å². The third kappa shape index (κ3) is 7.48. The molecule has 2 heterocycles. The Bertz CT molecular complexity index is 807. The molecule has 0 atom stereocenters. The number of likely N-dealkylation sites (tertiary alicyclic amines) is 1. The number of ether oxygens (including phenoxy) is 3. The van der Waals surface area contributed by atoms with Crippen LogP contribution in [-0.2, 0) is 16.0 Å². The first kappa shape index (κ1) is 23.0. The first-order chi connectivity index (χ1) is 15.2. The van der Waals surface area contributed by atoms with Crippen molar-refractivity contribution in [2.75, 3.05) is 40.5 Å². The Morgan fingerprint density at radius 1 is 1.16 bits per heavy atom. The Morgan fingerprint density at radius 3 is 2.58 bits per heavy atom. The Morgan fingerprint density at radius 2 is 1.94 bits per heavy atom. The van der Waals surface area contributed by atoms with Crippen molar-refractivity contribution in [1.29, 1.82) is 0 Å². The average molecular weight is 431 g/mol. The van der Waals surface area contributed by atoms with Crippen molar-refractivity contribution in [1.82, 2.24) is 15.2 Å². The van der Waals surface area contributed by atoms with Crippen molar-refractivity contribution in [3.8, 4) is 11.6 Å². The molecule has 1 aromatic heterocycles. The van der Waals surface area contributed by atoms with Crippen LogP contribution in [-0.4, -0.2) is 62.4 Å². The summed E-state index contributed by atoms with van der Waals surface area (Å²) in [6.07, 6.45) is 4.99. The Hall–Kier alpha value is -2.71. The molecule has 1 N–H and O–H groups in total. The van der Waals surface area contributed by atoms with Crippen molar-refractivity contribution in [2.24, 2.45) is 4.99 Å². The molecule has 0 saturated carbocycles. The van der Waals surface area contributed by atoms with E-state index in [0.29, 0.717) is 24.3 Å². The molecule has 31 heavy (non-hydrogen) atoms. The lowest BCUT2D eigenvalue weighted by Crippen LogP contribution is -2.46. The number of methoxy groups -OCH3 is 1. The van der Waals surface area contributed by atoms with Gasteiger partial charge in [-0.2, -0.15) is 0 Å². The van der Waals surface area contributed by atoms with E-state index >= 15 is 0 Å². The van der Waals surface area contributed by atoms with Gasteiger partial charge in [0.05, 0.1) is 6.10 Å². The van der Waals surface area contributed by atoms with Crippen LogP contribution in [0.1, 0.15) is 24.8 Å². The molecular formula is C23H31FN4O3. The molecular weight excluding hydrogens is 399 g/mol. The minimum atomic E-state index is -0.297. The molecule has 0 spiro atoms. The van der Waals surface area contributed by atoms with E-state index in [-0.39, 0.29) is 5.82 Å². The molecule has 1 aromatic carbocycles. The van der Waals surface area contributed by atoms with Crippen molar-refractivity contribution in [3.63, 3.8) is 0 Å². The Labute approximate surface area is 183 Å². The monoisotopic (exact) mass is 430 g/mol. The molecule has 0 unspecified atom stereocenters. The van der Waals surface area contributed by atoms with E-state index in [2.05, 4.69) is 20.2 Å². The predicted octanol–water partition coefficient (Wildman–Crippen LogP) is 3.61. The van der Waals surface area contributed by atoms with Crippen LogP contribution < -0.4 is 10.1 Å². The Kier molecular flexibility index (Phi) is 9.05. The number of guanidine groups is 1. The molecule has 1 aliphatic heterocycles. The van der Waals surface area contributed by atoms with E-state index in [4.69, 9.17) is 14.2 Å². The zero-order valence-corrected chi connectivity index (χ0v) is 18.2. The summed E-state index contributed by atoms with van der Waals surface area (Å²) in [5.74, 6) is 1.59. The number of nitrogens with one attached hydrogen (secondary N) is 1. The maximum atomic E-state index is 13.0. The van der Waals surface area contributed by atoms with Crippen molar-refractivity contribution in [3.05, 3.63) is 54.0 Å². The fraction of sp³-hybridized carbons (Fsp3) is 0.478. The number of hydrogen-bond donors (Lipinski definition) is 1. The van der Waals surface area contributed by atoms with Gasteiger partial charge in [-0.15, -0.1) is 0 Å². The van der Waals surface area contributed by atoms with Gasteiger partial charge in [0, 0.05) is 59.3 Å². The topological polar surface area (TPSA) is 68.2 Å². The normalized spacial score (nSPS) is 15.2. The van der Waals surface area contributed by atoms with Crippen LogP contribution in [0.5, 0.6) is 11.6 Å². The van der Waals surface area contributed by atoms with E-state index in [9.17, 15) is 4.39 Å².